The molecule has 2 aromatic heterocycles. The molecule has 1 saturated carbocycles. The fourth-order valence-corrected chi connectivity index (χ4v) is 4.07. The number of hydrogen-bond donors (Lipinski definition) is 0. The van der Waals surface area contributed by atoms with Gasteiger partial charge < -0.3 is 18.5 Å². The molecule has 0 unspecified atom stereocenters. The summed E-state index contributed by atoms with van der Waals surface area (Å²) >= 11 is 0. The molecule has 1 aliphatic carbocycles. The van der Waals surface area contributed by atoms with Crippen LogP contribution in [0.3, 0.4) is 0 Å². The zero-order valence-electron chi connectivity index (χ0n) is 14.0. The average molecular weight is 343 g/mol. The maximum Gasteiger partial charge on any atom is 0.257 e. The van der Waals surface area contributed by atoms with Gasteiger partial charge in [-0.2, -0.15) is 0 Å². The number of ether oxygens (including phenoxy) is 1. The largest absolute Gasteiger partial charge is 0.472 e. The Balaban J connectivity index is 1.22. The predicted octanol–water partition coefficient (Wildman–Crippen LogP) is 2.26. The molecule has 2 aliphatic heterocycles. The van der Waals surface area contributed by atoms with Crippen molar-refractivity contribution >= 4 is 5.91 Å². The first-order valence-corrected chi connectivity index (χ1v) is 9.03. The first-order chi connectivity index (χ1) is 12.3. The van der Waals surface area contributed by atoms with Crippen molar-refractivity contribution in [1.82, 2.24) is 15.1 Å². The van der Waals surface area contributed by atoms with Crippen molar-refractivity contribution in [2.45, 2.75) is 37.7 Å². The Morgan fingerprint density at radius 2 is 2.20 bits per heavy atom. The lowest BCUT2D eigenvalue weighted by Crippen LogP contribution is -2.44. The Bertz CT molecular complexity index is 752. The van der Waals surface area contributed by atoms with E-state index in [0.29, 0.717) is 42.2 Å². The fraction of sp³-hybridized carbons (Fsp3) is 0.611. The summed E-state index contributed by atoms with van der Waals surface area (Å²) in [5, 5.41) is 8.34. The molecule has 0 bridgehead atoms. The Labute approximate surface area is 145 Å². The highest BCUT2D eigenvalue weighted by atomic mass is 16.5. The molecule has 3 fully saturated rings. The molecule has 7 nitrogen and oxygen atoms in total. The highest BCUT2D eigenvalue weighted by Gasteiger charge is 2.42. The smallest absolute Gasteiger partial charge is 0.257 e. The summed E-state index contributed by atoms with van der Waals surface area (Å²) < 4.78 is 16.8. The van der Waals surface area contributed by atoms with Gasteiger partial charge in [-0.15, -0.1) is 10.2 Å². The van der Waals surface area contributed by atoms with Crippen molar-refractivity contribution in [3.8, 4) is 0 Å². The number of furan rings is 1. The highest BCUT2D eigenvalue weighted by molar-refractivity contribution is 5.93. The summed E-state index contributed by atoms with van der Waals surface area (Å²) in [4.78, 5) is 14.4. The third-order valence-corrected chi connectivity index (χ3v) is 5.63. The summed E-state index contributed by atoms with van der Waals surface area (Å²) in [7, 11) is 0. The van der Waals surface area contributed by atoms with Crippen LogP contribution < -0.4 is 0 Å². The lowest BCUT2D eigenvalue weighted by Gasteiger charge is -2.35. The van der Waals surface area contributed by atoms with Gasteiger partial charge in [-0.25, -0.2) is 0 Å². The summed E-state index contributed by atoms with van der Waals surface area (Å²) in [6, 6.07) is 1.72. The molecule has 2 saturated heterocycles. The quantitative estimate of drug-likeness (QED) is 0.847. The lowest BCUT2D eigenvalue weighted by molar-refractivity contribution is 0.0603. The van der Waals surface area contributed by atoms with Crippen LogP contribution in [0.4, 0.5) is 0 Å². The second-order valence-electron chi connectivity index (χ2n) is 7.36. The van der Waals surface area contributed by atoms with Crippen molar-refractivity contribution in [3.05, 3.63) is 35.9 Å². The molecule has 7 heteroatoms. The minimum absolute atomic E-state index is 0.0432. The van der Waals surface area contributed by atoms with Gasteiger partial charge in [0.1, 0.15) is 6.26 Å². The van der Waals surface area contributed by atoms with E-state index in [9.17, 15) is 4.79 Å². The fourth-order valence-electron chi connectivity index (χ4n) is 4.07. The Hall–Kier alpha value is -2.15. The van der Waals surface area contributed by atoms with Gasteiger partial charge in [-0.1, -0.05) is 0 Å². The number of fused-ring (bicyclic) bond motifs is 1. The van der Waals surface area contributed by atoms with Crippen LogP contribution in [0.25, 0.3) is 0 Å². The van der Waals surface area contributed by atoms with Crippen LogP contribution in [0.1, 0.15) is 47.3 Å². The van der Waals surface area contributed by atoms with E-state index >= 15 is 0 Å². The van der Waals surface area contributed by atoms with E-state index in [2.05, 4.69) is 10.2 Å². The van der Waals surface area contributed by atoms with Crippen LogP contribution in [0.15, 0.2) is 27.4 Å². The van der Waals surface area contributed by atoms with E-state index in [1.54, 1.807) is 6.07 Å². The van der Waals surface area contributed by atoms with Gasteiger partial charge in [0.25, 0.3) is 5.91 Å². The van der Waals surface area contributed by atoms with Crippen LogP contribution in [0.5, 0.6) is 0 Å². The molecule has 2 aromatic rings. The normalized spacial score (nSPS) is 29.0. The van der Waals surface area contributed by atoms with Gasteiger partial charge in [-0.05, 0) is 31.2 Å². The second kappa shape index (κ2) is 5.98. The van der Waals surface area contributed by atoms with E-state index in [-0.39, 0.29) is 12.0 Å². The Morgan fingerprint density at radius 1 is 1.28 bits per heavy atom. The molecule has 132 valence electrons. The number of nitrogens with zero attached hydrogens (tertiary/aromatic N) is 3. The minimum atomic E-state index is 0.0432. The van der Waals surface area contributed by atoms with Crippen LogP contribution in [-0.2, 0) is 11.2 Å². The zero-order valence-corrected chi connectivity index (χ0v) is 14.0. The zero-order chi connectivity index (χ0) is 16.8. The molecule has 3 aliphatic rings. The van der Waals surface area contributed by atoms with Crippen molar-refractivity contribution in [1.29, 1.82) is 0 Å². The number of likely N-dealkylation sites (tertiary alicyclic amines) is 1. The summed E-state index contributed by atoms with van der Waals surface area (Å²) in [6.07, 6.45) is 7.10. The molecule has 0 spiro atoms. The topological polar surface area (TPSA) is 81.6 Å². The second-order valence-corrected chi connectivity index (χ2v) is 7.36. The molecular weight excluding hydrogens is 322 g/mol. The van der Waals surface area contributed by atoms with Gasteiger partial charge in [0.2, 0.25) is 11.8 Å². The Morgan fingerprint density at radius 3 is 3.00 bits per heavy atom. The summed E-state index contributed by atoms with van der Waals surface area (Å²) in [5.41, 5.74) is 0.618. The molecule has 0 aromatic carbocycles. The number of aromatic nitrogens is 2. The molecular formula is C18H21N3O4. The summed E-state index contributed by atoms with van der Waals surface area (Å²) in [6.45, 7) is 2.18. The first-order valence-electron chi connectivity index (χ1n) is 9.03. The molecule has 0 radical (unpaired) electrons. The van der Waals surface area contributed by atoms with E-state index in [1.807, 2.05) is 4.90 Å². The minimum Gasteiger partial charge on any atom is -0.472 e. The standard InChI is InChI=1S/C18H21N3O4/c22-18(12-4-6-23-9-12)21-5-3-14-13(8-21)10-24-15(14)7-16-19-20-17(25-16)11-1-2-11/h4,6,9,11,13-15H,1-3,5,7-8,10H2/t13-,14-,15-/m1/s1. The van der Waals surface area contributed by atoms with Crippen LogP contribution in [0.2, 0.25) is 0 Å². The number of carbonyl (C=O) groups excluding carboxylic acids is 1. The molecule has 4 heterocycles. The average Bonchev–Trinajstić information content (AvgIpc) is 3.05. The molecule has 25 heavy (non-hydrogen) atoms. The van der Waals surface area contributed by atoms with E-state index in [4.69, 9.17) is 13.6 Å². The maximum absolute atomic E-state index is 12.5. The SMILES string of the molecule is O=C(c1ccoc1)N1CC[C@@H]2[C@@H](CO[C@@H]2Cc2nnc(C3CC3)o2)C1. The van der Waals surface area contributed by atoms with Gasteiger partial charge in [-0.3, -0.25) is 4.79 Å². The highest BCUT2D eigenvalue weighted by Crippen LogP contribution is 2.40. The molecule has 5 rings (SSSR count). The van der Waals surface area contributed by atoms with E-state index in [0.717, 1.165) is 38.2 Å². The number of carbonyl (C=O) groups is 1. The van der Waals surface area contributed by atoms with Crippen molar-refractivity contribution in [3.63, 3.8) is 0 Å². The number of rotatable bonds is 4. The molecule has 3 atom stereocenters. The van der Waals surface area contributed by atoms with Gasteiger partial charge in [0.05, 0.1) is 31.0 Å². The predicted molar refractivity (Wildman–Crippen MR) is 85.9 cm³/mol. The first kappa shape index (κ1) is 15.1. The third kappa shape index (κ3) is 2.86. The van der Waals surface area contributed by atoms with Crippen LogP contribution in [-0.4, -0.2) is 46.8 Å². The number of hydrogen-bond acceptors (Lipinski definition) is 6. The van der Waals surface area contributed by atoms with Crippen molar-refractivity contribution in [2.24, 2.45) is 11.8 Å². The van der Waals surface area contributed by atoms with Crippen LogP contribution >= 0.6 is 0 Å². The lowest BCUT2D eigenvalue weighted by atomic mass is 9.83. The molecule has 1 amide bonds. The van der Waals surface area contributed by atoms with E-state index in [1.165, 1.54) is 12.5 Å². The molecule has 0 N–H and O–H groups in total. The summed E-state index contributed by atoms with van der Waals surface area (Å²) in [5.74, 6) is 2.82. The number of piperidine rings is 1. The third-order valence-electron chi connectivity index (χ3n) is 5.63. The van der Waals surface area contributed by atoms with Gasteiger partial charge in [0.15, 0.2) is 0 Å². The van der Waals surface area contributed by atoms with Crippen molar-refractivity contribution < 1.29 is 18.4 Å². The van der Waals surface area contributed by atoms with Gasteiger partial charge in [0, 0.05) is 24.9 Å². The van der Waals surface area contributed by atoms with Crippen molar-refractivity contribution in [2.75, 3.05) is 19.7 Å². The van der Waals surface area contributed by atoms with Crippen LogP contribution in [0, 0.1) is 11.8 Å². The number of amides is 1. The monoisotopic (exact) mass is 343 g/mol. The van der Waals surface area contributed by atoms with Gasteiger partial charge >= 0.3 is 0 Å². The Kier molecular flexibility index (Phi) is 3.62. The van der Waals surface area contributed by atoms with E-state index < -0.39 is 0 Å². The maximum atomic E-state index is 12.5.